The molecule has 0 bridgehead atoms. The highest BCUT2D eigenvalue weighted by Gasteiger charge is 2.34. The van der Waals surface area contributed by atoms with E-state index >= 15 is 0 Å². The fourth-order valence-corrected chi connectivity index (χ4v) is 1.77. The zero-order valence-electron chi connectivity index (χ0n) is 10.4. The summed E-state index contributed by atoms with van der Waals surface area (Å²) in [5.74, 6) is -0.350. The van der Waals surface area contributed by atoms with Gasteiger partial charge in [-0.05, 0) is 42.5 Å². The Hall–Kier alpha value is -1.10. The molecule has 2 N–H and O–H groups in total. The summed E-state index contributed by atoms with van der Waals surface area (Å²) in [6.07, 6.45) is -3.39. The van der Waals surface area contributed by atoms with Crippen molar-refractivity contribution in [1.29, 1.82) is 0 Å². The normalized spacial score (nSPS) is 14.0. The lowest BCUT2D eigenvalue weighted by atomic mass is 9.94. The third-order valence-electron chi connectivity index (χ3n) is 2.77. The third-order valence-corrected chi connectivity index (χ3v) is 2.77. The van der Waals surface area contributed by atoms with Gasteiger partial charge in [-0.1, -0.05) is 13.8 Å². The van der Waals surface area contributed by atoms with Gasteiger partial charge in [0.1, 0.15) is 5.82 Å². The van der Waals surface area contributed by atoms with E-state index < -0.39 is 23.6 Å². The first-order valence-corrected chi connectivity index (χ1v) is 5.84. The van der Waals surface area contributed by atoms with Gasteiger partial charge in [-0.25, -0.2) is 4.39 Å². The SMILES string of the molecule is CC(C)CC[C@H](N)c1cc(F)ccc1C(F)(F)F. The monoisotopic (exact) mass is 263 g/mol. The Morgan fingerprint density at radius 2 is 1.78 bits per heavy atom. The van der Waals surface area contributed by atoms with Crippen LogP contribution in [0, 0.1) is 11.7 Å². The second kappa shape index (κ2) is 5.69. The van der Waals surface area contributed by atoms with E-state index in [0.717, 1.165) is 18.2 Å². The van der Waals surface area contributed by atoms with Crippen molar-refractivity contribution >= 4 is 0 Å². The van der Waals surface area contributed by atoms with Gasteiger partial charge in [0.15, 0.2) is 0 Å². The largest absolute Gasteiger partial charge is 0.416 e. The summed E-state index contributed by atoms with van der Waals surface area (Å²) in [4.78, 5) is 0. The van der Waals surface area contributed by atoms with Crippen molar-refractivity contribution in [1.82, 2.24) is 0 Å². The van der Waals surface area contributed by atoms with E-state index in [1.165, 1.54) is 0 Å². The molecule has 18 heavy (non-hydrogen) atoms. The second-order valence-electron chi connectivity index (χ2n) is 4.81. The molecular formula is C13H17F4N. The average molecular weight is 263 g/mol. The van der Waals surface area contributed by atoms with Gasteiger partial charge in [0.05, 0.1) is 5.56 Å². The van der Waals surface area contributed by atoms with Crippen LogP contribution >= 0.6 is 0 Å². The molecule has 0 aliphatic carbocycles. The molecule has 1 aromatic carbocycles. The number of benzene rings is 1. The lowest BCUT2D eigenvalue weighted by Gasteiger charge is -2.19. The van der Waals surface area contributed by atoms with Crippen molar-refractivity contribution in [3.63, 3.8) is 0 Å². The van der Waals surface area contributed by atoms with E-state index in [1.54, 1.807) is 0 Å². The summed E-state index contributed by atoms with van der Waals surface area (Å²) < 4.78 is 51.4. The molecule has 1 rings (SSSR count). The van der Waals surface area contributed by atoms with E-state index in [1.807, 2.05) is 13.8 Å². The topological polar surface area (TPSA) is 26.0 Å². The Labute approximate surface area is 104 Å². The number of nitrogens with two attached hydrogens (primary N) is 1. The molecule has 0 aliphatic rings. The smallest absolute Gasteiger partial charge is 0.324 e. The first-order chi connectivity index (χ1) is 8.21. The molecule has 0 aliphatic heterocycles. The molecule has 0 saturated heterocycles. The van der Waals surface area contributed by atoms with E-state index in [9.17, 15) is 17.6 Å². The molecule has 0 heterocycles. The summed E-state index contributed by atoms with van der Waals surface area (Å²) >= 11 is 0. The Bertz CT molecular complexity index is 398. The molecule has 5 heteroatoms. The zero-order valence-corrected chi connectivity index (χ0v) is 10.4. The van der Waals surface area contributed by atoms with Gasteiger partial charge in [-0.2, -0.15) is 13.2 Å². The van der Waals surface area contributed by atoms with Crippen LogP contribution in [0.2, 0.25) is 0 Å². The highest BCUT2D eigenvalue weighted by Crippen LogP contribution is 2.35. The van der Waals surface area contributed by atoms with Crippen LogP contribution in [0.4, 0.5) is 17.6 Å². The first kappa shape index (κ1) is 15.0. The molecular weight excluding hydrogens is 246 g/mol. The number of hydrogen-bond acceptors (Lipinski definition) is 1. The quantitative estimate of drug-likeness (QED) is 0.806. The summed E-state index contributed by atoms with van der Waals surface area (Å²) in [6, 6.07) is 1.65. The van der Waals surface area contributed by atoms with Crippen LogP contribution in [-0.4, -0.2) is 0 Å². The number of rotatable bonds is 4. The minimum absolute atomic E-state index is 0.164. The third kappa shape index (κ3) is 3.98. The minimum Gasteiger partial charge on any atom is -0.324 e. The lowest BCUT2D eigenvalue weighted by molar-refractivity contribution is -0.138. The molecule has 102 valence electrons. The average Bonchev–Trinajstić information content (AvgIpc) is 2.23. The van der Waals surface area contributed by atoms with Crippen LogP contribution in [0.3, 0.4) is 0 Å². The molecule has 1 atom stereocenters. The first-order valence-electron chi connectivity index (χ1n) is 5.84. The molecule has 0 spiro atoms. The Balaban J connectivity index is 3.02. The van der Waals surface area contributed by atoms with Gasteiger partial charge >= 0.3 is 6.18 Å². The maximum atomic E-state index is 13.1. The lowest BCUT2D eigenvalue weighted by Crippen LogP contribution is -2.18. The van der Waals surface area contributed by atoms with Crippen molar-refractivity contribution in [3.05, 3.63) is 35.1 Å². The molecule has 1 aromatic rings. The van der Waals surface area contributed by atoms with Crippen LogP contribution in [0.15, 0.2) is 18.2 Å². The van der Waals surface area contributed by atoms with Gasteiger partial charge in [-0.3, -0.25) is 0 Å². The van der Waals surface area contributed by atoms with Crippen molar-refractivity contribution in [3.8, 4) is 0 Å². The highest BCUT2D eigenvalue weighted by molar-refractivity contribution is 5.32. The highest BCUT2D eigenvalue weighted by atomic mass is 19.4. The van der Waals surface area contributed by atoms with E-state index in [2.05, 4.69) is 0 Å². The maximum Gasteiger partial charge on any atom is 0.416 e. The van der Waals surface area contributed by atoms with E-state index in [0.29, 0.717) is 18.8 Å². The Kier molecular flexibility index (Phi) is 4.73. The fourth-order valence-electron chi connectivity index (χ4n) is 1.77. The van der Waals surface area contributed by atoms with Gasteiger partial charge in [0.25, 0.3) is 0 Å². The predicted octanol–water partition coefficient (Wildman–Crippen LogP) is 4.28. The zero-order chi connectivity index (χ0) is 13.9. The molecule has 0 aromatic heterocycles. The van der Waals surface area contributed by atoms with Gasteiger partial charge in [0, 0.05) is 6.04 Å². The van der Waals surface area contributed by atoms with Crippen LogP contribution in [-0.2, 0) is 6.18 Å². The summed E-state index contributed by atoms with van der Waals surface area (Å²) in [6.45, 7) is 3.92. The standard InChI is InChI=1S/C13H17F4N/c1-8(2)3-6-12(18)10-7-9(14)4-5-11(10)13(15,16)17/h4-5,7-8,12H,3,6,18H2,1-2H3/t12-/m0/s1. The van der Waals surface area contributed by atoms with Gasteiger partial charge < -0.3 is 5.73 Å². The summed E-state index contributed by atoms with van der Waals surface area (Å²) in [5.41, 5.74) is 4.73. The molecule has 0 amide bonds. The van der Waals surface area contributed by atoms with Crippen molar-refractivity contribution in [2.24, 2.45) is 11.7 Å². The molecule has 0 fully saturated rings. The van der Waals surface area contributed by atoms with Crippen LogP contribution in [0.25, 0.3) is 0 Å². The molecule has 1 nitrogen and oxygen atoms in total. The molecule has 0 radical (unpaired) electrons. The Morgan fingerprint density at radius 1 is 1.17 bits per heavy atom. The molecule has 0 unspecified atom stereocenters. The maximum absolute atomic E-state index is 13.1. The van der Waals surface area contributed by atoms with E-state index in [-0.39, 0.29) is 5.56 Å². The van der Waals surface area contributed by atoms with Crippen LogP contribution < -0.4 is 5.73 Å². The number of alkyl halides is 3. The van der Waals surface area contributed by atoms with Crippen LogP contribution in [0.5, 0.6) is 0 Å². The Morgan fingerprint density at radius 3 is 2.28 bits per heavy atom. The number of halogens is 4. The summed E-state index contributed by atoms with van der Waals surface area (Å²) in [7, 11) is 0. The van der Waals surface area contributed by atoms with Crippen molar-refractivity contribution in [2.45, 2.75) is 38.9 Å². The second-order valence-corrected chi connectivity index (χ2v) is 4.81. The minimum atomic E-state index is -4.50. The number of hydrogen-bond donors (Lipinski definition) is 1. The molecule has 0 saturated carbocycles. The fraction of sp³-hybridized carbons (Fsp3) is 0.538. The summed E-state index contributed by atoms with van der Waals surface area (Å²) in [5, 5.41) is 0. The van der Waals surface area contributed by atoms with Crippen LogP contribution in [0.1, 0.15) is 43.9 Å². The van der Waals surface area contributed by atoms with Gasteiger partial charge in [0.2, 0.25) is 0 Å². The predicted molar refractivity (Wildman–Crippen MR) is 62.4 cm³/mol. The van der Waals surface area contributed by atoms with E-state index in [4.69, 9.17) is 5.73 Å². The van der Waals surface area contributed by atoms with Gasteiger partial charge in [-0.15, -0.1) is 0 Å². The van der Waals surface area contributed by atoms with Crippen molar-refractivity contribution < 1.29 is 17.6 Å². The van der Waals surface area contributed by atoms with Crippen molar-refractivity contribution in [2.75, 3.05) is 0 Å².